The van der Waals surface area contributed by atoms with E-state index in [0.29, 0.717) is 12.8 Å². The first-order valence-electron chi connectivity index (χ1n) is 8.70. The van der Waals surface area contributed by atoms with Crippen LogP contribution < -0.4 is 11.5 Å². The van der Waals surface area contributed by atoms with E-state index in [1.165, 1.54) is 0 Å². The van der Waals surface area contributed by atoms with Gasteiger partial charge in [0, 0.05) is 10.8 Å². The van der Waals surface area contributed by atoms with E-state index in [0.717, 1.165) is 12.8 Å². The molecule has 0 saturated heterocycles. The molecule has 0 aromatic rings. The quantitative estimate of drug-likeness (QED) is 0.394. The van der Waals surface area contributed by atoms with Gasteiger partial charge in [0.25, 0.3) is 0 Å². The van der Waals surface area contributed by atoms with E-state index in [-0.39, 0.29) is 26.4 Å². The van der Waals surface area contributed by atoms with Crippen LogP contribution in [0.5, 0.6) is 0 Å². The summed E-state index contributed by atoms with van der Waals surface area (Å²) in [6.07, 6.45) is 0.389. The molecule has 0 heterocycles. The topological polar surface area (TPSA) is 140 Å². The second-order valence-electron chi connectivity index (χ2n) is 7.16. The molecule has 0 saturated carbocycles. The number of carbonyl (C=O) groups is 3. The zero-order valence-corrected chi connectivity index (χ0v) is 16.2. The van der Waals surface area contributed by atoms with Gasteiger partial charge in [0.1, 0.15) is 26.4 Å². The van der Waals surface area contributed by atoms with Crippen molar-refractivity contribution >= 4 is 18.3 Å². The molecule has 9 heteroatoms. The van der Waals surface area contributed by atoms with Crippen LogP contribution in [0.2, 0.25) is 0 Å². The third-order valence-corrected chi connectivity index (χ3v) is 3.91. The van der Waals surface area contributed by atoms with E-state index in [4.69, 9.17) is 30.4 Å². The highest BCUT2D eigenvalue weighted by Gasteiger charge is 2.30. The summed E-state index contributed by atoms with van der Waals surface area (Å²) < 4.78 is 20.0. The molecular weight excluding hydrogens is 344 g/mol. The molecular formula is C17H32N2O7. The smallest absolute Gasteiger partial charge is 0.449 e. The molecule has 9 nitrogen and oxygen atoms in total. The lowest BCUT2D eigenvalue weighted by molar-refractivity contribution is -0.0233. The SMILES string of the molecule is CCCC(C)(COC(N)=O)COC(=O)OCC(C)(CCC)COC(N)=O. The van der Waals surface area contributed by atoms with Crippen molar-refractivity contribution in [2.24, 2.45) is 22.3 Å². The van der Waals surface area contributed by atoms with Gasteiger partial charge >= 0.3 is 18.3 Å². The monoisotopic (exact) mass is 376 g/mol. The van der Waals surface area contributed by atoms with Gasteiger partial charge in [-0.05, 0) is 12.8 Å². The Morgan fingerprint density at radius 1 is 0.692 bits per heavy atom. The summed E-state index contributed by atoms with van der Waals surface area (Å²) in [4.78, 5) is 33.5. The molecule has 0 spiro atoms. The van der Waals surface area contributed by atoms with E-state index in [2.05, 4.69) is 0 Å². The van der Waals surface area contributed by atoms with E-state index >= 15 is 0 Å². The molecule has 0 radical (unpaired) electrons. The van der Waals surface area contributed by atoms with E-state index in [1.807, 2.05) is 27.7 Å². The Kier molecular flexibility index (Phi) is 10.5. The van der Waals surface area contributed by atoms with Crippen molar-refractivity contribution in [3.05, 3.63) is 0 Å². The average Bonchev–Trinajstić information content (AvgIpc) is 2.55. The minimum atomic E-state index is -0.875. The maximum Gasteiger partial charge on any atom is 0.508 e. The van der Waals surface area contributed by atoms with Crippen LogP contribution in [0, 0.1) is 10.8 Å². The van der Waals surface area contributed by atoms with Crippen LogP contribution in [-0.2, 0) is 18.9 Å². The lowest BCUT2D eigenvalue weighted by atomic mass is 9.87. The fourth-order valence-corrected chi connectivity index (χ4v) is 2.58. The highest BCUT2D eigenvalue weighted by atomic mass is 16.7. The van der Waals surface area contributed by atoms with Gasteiger partial charge in [-0.1, -0.05) is 40.5 Å². The van der Waals surface area contributed by atoms with Gasteiger partial charge in [0.2, 0.25) is 0 Å². The fraction of sp³-hybridized carbons (Fsp3) is 0.824. The summed E-state index contributed by atoms with van der Waals surface area (Å²) in [5.41, 5.74) is 8.87. The van der Waals surface area contributed by atoms with Gasteiger partial charge in [-0.25, -0.2) is 14.4 Å². The highest BCUT2D eigenvalue weighted by molar-refractivity contribution is 5.65. The molecule has 2 atom stereocenters. The predicted molar refractivity (Wildman–Crippen MR) is 94.4 cm³/mol. The van der Waals surface area contributed by atoms with Gasteiger partial charge in [-0.2, -0.15) is 0 Å². The number of hydrogen-bond donors (Lipinski definition) is 2. The third kappa shape index (κ3) is 10.6. The molecule has 0 aliphatic carbocycles. The molecule has 0 rings (SSSR count). The minimum Gasteiger partial charge on any atom is -0.449 e. The molecule has 0 aromatic heterocycles. The second kappa shape index (κ2) is 11.4. The highest BCUT2D eigenvalue weighted by Crippen LogP contribution is 2.26. The average molecular weight is 376 g/mol. The van der Waals surface area contributed by atoms with Crippen molar-refractivity contribution in [1.29, 1.82) is 0 Å². The van der Waals surface area contributed by atoms with E-state index < -0.39 is 29.2 Å². The Bertz CT molecular complexity index is 432. The van der Waals surface area contributed by atoms with Crippen molar-refractivity contribution in [1.82, 2.24) is 0 Å². The van der Waals surface area contributed by atoms with Gasteiger partial charge in [-0.15, -0.1) is 0 Å². The summed E-state index contributed by atoms with van der Waals surface area (Å²) in [7, 11) is 0. The van der Waals surface area contributed by atoms with Crippen LogP contribution in [-0.4, -0.2) is 44.8 Å². The molecule has 26 heavy (non-hydrogen) atoms. The van der Waals surface area contributed by atoms with Gasteiger partial charge < -0.3 is 30.4 Å². The summed E-state index contributed by atoms with van der Waals surface area (Å²) in [6.45, 7) is 7.73. The van der Waals surface area contributed by atoms with Crippen LogP contribution >= 0.6 is 0 Å². The van der Waals surface area contributed by atoms with Crippen LogP contribution in [0.3, 0.4) is 0 Å². The number of nitrogens with two attached hydrogens (primary N) is 2. The lowest BCUT2D eigenvalue weighted by Gasteiger charge is -2.29. The van der Waals surface area contributed by atoms with Crippen LogP contribution in [0.4, 0.5) is 14.4 Å². The zero-order valence-electron chi connectivity index (χ0n) is 16.2. The lowest BCUT2D eigenvalue weighted by Crippen LogP contribution is -2.35. The standard InChI is InChI=1S/C17H32N2O7/c1-5-7-16(3,9-23-13(18)20)11-25-15(22)26-12-17(4,8-6-2)10-24-14(19)21/h5-12H2,1-4H3,(H2,18,20)(H2,19,21). The number of ether oxygens (including phenoxy) is 4. The molecule has 0 fully saturated rings. The molecule has 0 aliphatic heterocycles. The molecule has 4 N–H and O–H groups in total. The fourth-order valence-electron chi connectivity index (χ4n) is 2.58. The number of amides is 2. The van der Waals surface area contributed by atoms with E-state index in [9.17, 15) is 14.4 Å². The first kappa shape index (κ1) is 23.8. The first-order chi connectivity index (χ1) is 12.1. The van der Waals surface area contributed by atoms with Crippen LogP contribution in [0.25, 0.3) is 0 Å². The van der Waals surface area contributed by atoms with E-state index in [1.54, 1.807) is 0 Å². The van der Waals surface area contributed by atoms with Crippen molar-refractivity contribution < 1.29 is 33.3 Å². The number of carbonyl (C=O) groups excluding carboxylic acids is 3. The van der Waals surface area contributed by atoms with Crippen molar-refractivity contribution in [3.8, 4) is 0 Å². The Balaban J connectivity index is 4.55. The Labute approximate surface area is 154 Å². The summed E-state index contributed by atoms with van der Waals surface area (Å²) in [5, 5.41) is 0. The summed E-state index contributed by atoms with van der Waals surface area (Å²) in [6, 6.07) is 0. The number of hydrogen-bond acceptors (Lipinski definition) is 7. The zero-order chi connectivity index (χ0) is 20.2. The van der Waals surface area contributed by atoms with Crippen LogP contribution in [0.15, 0.2) is 0 Å². The Morgan fingerprint density at radius 3 is 1.27 bits per heavy atom. The van der Waals surface area contributed by atoms with Crippen molar-refractivity contribution in [2.45, 2.75) is 53.4 Å². The van der Waals surface area contributed by atoms with Gasteiger partial charge in [-0.3, -0.25) is 0 Å². The van der Waals surface area contributed by atoms with Crippen molar-refractivity contribution in [3.63, 3.8) is 0 Å². The maximum absolute atomic E-state index is 11.9. The second-order valence-corrected chi connectivity index (χ2v) is 7.16. The summed E-state index contributed by atoms with van der Waals surface area (Å²) in [5.74, 6) is 0. The van der Waals surface area contributed by atoms with Crippen molar-refractivity contribution in [2.75, 3.05) is 26.4 Å². The number of rotatable bonds is 12. The molecule has 0 aliphatic rings. The molecule has 152 valence electrons. The molecule has 2 unspecified atom stereocenters. The van der Waals surface area contributed by atoms with Crippen LogP contribution in [0.1, 0.15) is 53.4 Å². The minimum absolute atomic E-state index is 0.0230. The van der Waals surface area contributed by atoms with Gasteiger partial charge in [0.05, 0.1) is 0 Å². The largest absolute Gasteiger partial charge is 0.508 e. The third-order valence-electron chi connectivity index (χ3n) is 3.91. The molecule has 0 aromatic carbocycles. The maximum atomic E-state index is 11.9. The normalized spacial score (nSPS) is 15.2. The predicted octanol–water partition coefficient (Wildman–Crippen LogP) is 2.94. The van der Waals surface area contributed by atoms with Gasteiger partial charge in [0.15, 0.2) is 0 Å². The molecule has 2 amide bonds. The number of primary amides is 2. The Hall–Kier alpha value is -2.19. The summed E-state index contributed by atoms with van der Waals surface area (Å²) >= 11 is 0. The molecule has 0 bridgehead atoms. The first-order valence-corrected chi connectivity index (χ1v) is 8.70. The Morgan fingerprint density at radius 2 is 1.00 bits per heavy atom.